The summed E-state index contributed by atoms with van der Waals surface area (Å²) in [5.41, 5.74) is 0.664. The lowest BCUT2D eigenvalue weighted by Gasteiger charge is -2.21. The van der Waals surface area contributed by atoms with Gasteiger partial charge in [-0.2, -0.15) is 0 Å². The van der Waals surface area contributed by atoms with E-state index in [0.29, 0.717) is 12.0 Å². The second kappa shape index (κ2) is 7.29. The van der Waals surface area contributed by atoms with Crippen LogP contribution in [0.15, 0.2) is 18.2 Å². The highest BCUT2D eigenvalue weighted by Crippen LogP contribution is 2.20. The van der Waals surface area contributed by atoms with Gasteiger partial charge in [0.1, 0.15) is 11.4 Å². The van der Waals surface area contributed by atoms with Gasteiger partial charge in [-0.05, 0) is 58.7 Å². The second-order valence-electron chi connectivity index (χ2n) is 6.53. The van der Waals surface area contributed by atoms with Crippen LogP contribution in [0.2, 0.25) is 0 Å². The van der Waals surface area contributed by atoms with Crippen LogP contribution in [0.25, 0.3) is 0 Å². The topological polar surface area (TPSA) is 75.6 Å². The molecule has 1 atom stereocenters. The summed E-state index contributed by atoms with van der Waals surface area (Å²) in [6.07, 6.45) is 0.226. The molecule has 0 bridgehead atoms. The summed E-state index contributed by atoms with van der Waals surface area (Å²) in [5.74, 6) is -0.145. The van der Waals surface area contributed by atoms with Crippen LogP contribution in [0.3, 0.4) is 0 Å². The Bertz CT molecular complexity index is 546. The van der Waals surface area contributed by atoms with E-state index in [1.807, 2.05) is 13.8 Å². The van der Waals surface area contributed by atoms with Crippen LogP contribution in [0.5, 0.6) is 5.75 Å². The quantitative estimate of drug-likeness (QED) is 0.815. The highest BCUT2D eigenvalue weighted by Gasteiger charge is 2.18. The van der Waals surface area contributed by atoms with Crippen molar-refractivity contribution in [3.63, 3.8) is 0 Å². The molecule has 2 N–H and O–H groups in total. The van der Waals surface area contributed by atoms with Gasteiger partial charge in [0.2, 0.25) is 0 Å². The van der Waals surface area contributed by atoms with Crippen molar-refractivity contribution in [2.24, 2.45) is 0 Å². The molecule has 0 heterocycles. The largest absolute Gasteiger partial charge is 0.507 e. The van der Waals surface area contributed by atoms with Gasteiger partial charge in [0.15, 0.2) is 5.78 Å². The zero-order chi connectivity index (χ0) is 16.9. The van der Waals surface area contributed by atoms with E-state index in [-0.39, 0.29) is 24.0 Å². The fourth-order valence-electron chi connectivity index (χ4n) is 1.94. The Morgan fingerprint density at radius 2 is 1.95 bits per heavy atom. The van der Waals surface area contributed by atoms with E-state index in [2.05, 4.69) is 5.32 Å². The number of hydrogen-bond acceptors (Lipinski definition) is 4. The van der Waals surface area contributed by atoms with E-state index in [9.17, 15) is 14.7 Å². The molecule has 0 radical (unpaired) electrons. The zero-order valence-corrected chi connectivity index (χ0v) is 13.9. The first kappa shape index (κ1) is 18.0. The molecule has 0 aliphatic carbocycles. The summed E-state index contributed by atoms with van der Waals surface area (Å²) in [6.45, 7) is 9.04. The molecule has 0 aliphatic heterocycles. The Morgan fingerprint density at radius 3 is 2.50 bits per heavy atom. The summed E-state index contributed by atoms with van der Waals surface area (Å²) in [4.78, 5) is 23.7. The molecule has 22 heavy (non-hydrogen) atoms. The second-order valence-corrected chi connectivity index (χ2v) is 6.53. The van der Waals surface area contributed by atoms with Crippen molar-refractivity contribution in [2.75, 3.05) is 0 Å². The van der Waals surface area contributed by atoms with Crippen molar-refractivity contribution in [1.82, 2.24) is 5.32 Å². The molecule has 1 aromatic carbocycles. The Morgan fingerprint density at radius 1 is 1.32 bits per heavy atom. The van der Waals surface area contributed by atoms with Crippen molar-refractivity contribution in [3.8, 4) is 5.75 Å². The Hall–Kier alpha value is -2.04. The van der Waals surface area contributed by atoms with Crippen molar-refractivity contribution in [1.29, 1.82) is 0 Å². The molecule has 5 nitrogen and oxygen atoms in total. The van der Waals surface area contributed by atoms with Crippen molar-refractivity contribution in [3.05, 3.63) is 29.3 Å². The third kappa shape index (κ3) is 6.16. The number of ether oxygens (including phenoxy) is 1. The molecule has 122 valence electrons. The third-order valence-electron chi connectivity index (χ3n) is 3.02. The maximum absolute atomic E-state index is 12.1. The highest BCUT2D eigenvalue weighted by atomic mass is 16.6. The zero-order valence-electron chi connectivity index (χ0n) is 13.9. The minimum atomic E-state index is -0.548. The van der Waals surface area contributed by atoms with Gasteiger partial charge >= 0.3 is 6.09 Å². The van der Waals surface area contributed by atoms with Crippen LogP contribution in [-0.4, -0.2) is 28.6 Å². The van der Waals surface area contributed by atoms with Crippen molar-refractivity contribution in [2.45, 2.75) is 59.1 Å². The molecule has 0 fully saturated rings. The number of aromatic hydroxyl groups is 1. The Labute approximate surface area is 131 Å². The van der Waals surface area contributed by atoms with Gasteiger partial charge < -0.3 is 15.2 Å². The summed E-state index contributed by atoms with van der Waals surface area (Å²) in [5, 5.41) is 12.5. The molecule has 0 aromatic heterocycles. The van der Waals surface area contributed by atoms with E-state index >= 15 is 0 Å². The molecule has 1 aromatic rings. The van der Waals surface area contributed by atoms with Crippen LogP contribution >= 0.6 is 0 Å². The Balaban J connectivity index is 2.48. The lowest BCUT2D eigenvalue weighted by atomic mass is 10.0. The van der Waals surface area contributed by atoms with Crippen LogP contribution in [0.4, 0.5) is 4.79 Å². The Kier molecular flexibility index (Phi) is 5.97. The minimum absolute atomic E-state index is 0.00208. The van der Waals surface area contributed by atoms with Gasteiger partial charge in [0.05, 0.1) is 5.56 Å². The molecule has 0 spiro atoms. The first-order chi connectivity index (χ1) is 10.1. The molecule has 1 amide bonds. The van der Waals surface area contributed by atoms with E-state index in [1.54, 1.807) is 39.0 Å². The fourth-order valence-corrected chi connectivity index (χ4v) is 1.94. The maximum atomic E-state index is 12.1. The van der Waals surface area contributed by atoms with E-state index < -0.39 is 11.7 Å². The normalized spacial score (nSPS) is 12.6. The van der Waals surface area contributed by atoms with Crippen LogP contribution in [0, 0.1) is 6.92 Å². The molecular formula is C17H25NO4. The van der Waals surface area contributed by atoms with E-state index in [1.165, 1.54) is 0 Å². The number of phenolic OH excluding ortho intramolecular Hbond substituents is 1. The lowest BCUT2D eigenvalue weighted by molar-refractivity contribution is 0.0504. The number of phenols is 1. The summed E-state index contributed by atoms with van der Waals surface area (Å²) >= 11 is 0. The number of ketones is 1. The number of amides is 1. The van der Waals surface area contributed by atoms with Gasteiger partial charge in [-0.15, -0.1) is 0 Å². The van der Waals surface area contributed by atoms with Crippen LogP contribution in [0.1, 0.15) is 56.5 Å². The monoisotopic (exact) mass is 307 g/mol. The number of rotatable bonds is 5. The van der Waals surface area contributed by atoms with Crippen molar-refractivity contribution < 1.29 is 19.4 Å². The number of Topliss-reactive ketones (excluding diaryl/α,β-unsaturated/α-hetero) is 1. The molecule has 0 aliphatic rings. The van der Waals surface area contributed by atoms with Gasteiger partial charge in [-0.3, -0.25) is 4.79 Å². The van der Waals surface area contributed by atoms with Gasteiger partial charge in [0.25, 0.3) is 0 Å². The molecule has 0 saturated heterocycles. The average molecular weight is 307 g/mol. The third-order valence-corrected chi connectivity index (χ3v) is 3.02. The summed E-state index contributed by atoms with van der Waals surface area (Å²) < 4.78 is 5.16. The highest BCUT2D eigenvalue weighted by molar-refractivity contribution is 5.98. The first-order valence-corrected chi connectivity index (χ1v) is 7.41. The predicted molar refractivity (Wildman–Crippen MR) is 85.2 cm³/mol. The standard InChI is InChI=1S/C17H25NO4/c1-11-6-8-13(15(20)10-11)14(19)9-7-12(2)18-16(21)22-17(3,4)5/h6,8,10,12,20H,7,9H2,1-5H3,(H,18,21). The van der Waals surface area contributed by atoms with Crippen LogP contribution < -0.4 is 5.32 Å². The smallest absolute Gasteiger partial charge is 0.407 e. The number of carbonyl (C=O) groups excluding carboxylic acids is 2. The predicted octanol–water partition coefficient (Wildman–Crippen LogP) is 3.58. The molecule has 0 saturated carbocycles. The molecule has 1 unspecified atom stereocenters. The summed E-state index contributed by atoms with van der Waals surface area (Å²) in [7, 11) is 0. The molecule has 1 rings (SSSR count). The number of nitrogens with one attached hydrogen (secondary N) is 1. The number of carbonyl (C=O) groups is 2. The number of alkyl carbamates (subject to hydrolysis) is 1. The number of aryl methyl sites for hydroxylation is 1. The maximum Gasteiger partial charge on any atom is 0.407 e. The number of benzene rings is 1. The van der Waals surface area contributed by atoms with Gasteiger partial charge in [-0.1, -0.05) is 6.07 Å². The van der Waals surface area contributed by atoms with Gasteiger partial charge in [-0.25, -0.2) is 4.79 Å². The van der Waals surface area contributed by atoms with Gasteiger partial charge in [0, 0.05) is 12.5 Å². The SMILES string of the molecule is Cc1ccc(C(=O)CCC(C)NC(=O)OC(C)(C)C)c(O)c1. The molecule has 5 heteroatoms. The van der Waals surface area contributed by atoms with Crippen LogP contribution in [-0.2, 0) is 4.74 Å². The summed E-state index contributed by atoms with van der Waals surface area (Å²) in [6, 6.07) is 4.79. The fraction of sp³-hybridized carbons (Fsp3) is 0.529. The average Bonchev–Trinajstić information content (AvgIpc) is 2.33. The van der Waals surface area contributed by atoms with E-state index in [0.717, 1.165) is 5.56 Å². The van der Waals surface area contributed by atoms with E-state index in [4.69, 9.17) is 4.74 Å². The lowest BCUT2D eigenvalue weighted by Crippen LogP contribution is -2.37. The minimum Gasteiger partial charge on any atom is -0.507 e. The molecular weight excluding hydrogens is 282 g/mol. The first-order valence-electron chi connectivity index (χ1n) is 7.41. The van der Waals surface area contributed by atoms with Crippen molar-refractivity contribution >= 4 is 11.9 Å². The number of hydrogen-bond donors (Lipinski definition) is 2.